The fourth-order valence-corrected chi connectivity index (χ4v) is 2.93. The van der Waals surface area contributed by atoms with Crippen molar-refractivity contribution in [2.24, 2.45) is 0 Å². The zero-order valence-electron chi connectivity index (χ0n) is 14.4. The average molecular weight is 380 g/mol. The zero-order valence-corrected chi connectivity index (χ0v) is 14.4. The van der Waals surface area contributed by atoms with E-state index in [0.29, 0.717) is 31.8 Å². The Morgan fingerprint density at radius 1 is 1.22 bits per heavy atom. The van der Waals surface area contributed by atoms with Crippen LogP contribution in [0, 0.1) is 0 Å². The molecule has 1 aliphatic heterocycles. The van der Waals surface area contributed by atoms with Crippen LogP contribution in [0.15, 0.2) is 42.9 Å². The number of para-hydroxylation sites is 1. The summed E-state index contributed by atoms with van der Waals surface area (Å²) in [5.41, 5.74) is -1.08. The van der Waals surface area contributed by atoms with Crippen molar-refractivity contribution in [3.63, 3.8) is 0 Å². The van der Waals surface area contributed by atoms with Crippen LogP contribution in [0.2, 0.25) is 0 Å². The molecule has 0 spiro atoms. The molecule has 0 unspecified atom stereocenters. The van der Waals surface area contributed by atoms with E-state index >= 15 is 0 Å². The predicted octanol–water partition coefficient (Wildman–Crippen LogP) is 2.98. The van der Waals surface area contributed by atoms with Gasteiger partial charge < -0.3 is 10.1 Å². The van der Waals surface area contributed by atoms with Gasteiger partial charge >= 0.3 is 6.18 Å². The number of amides is 1. The Hall–Kier alpha value is -2.68. The number of hydrogen-bond donors (Lipinski definition) is 1. The molecule has 2 heterocycles. The number of halogens is 3. The molecular formula is C18H19F3N4O2. The van der Waals surface area contributed by atoms with Gasteiger partial charge in [-0.25, -0.2) is 4.98 Å². The van der Waals surface area contributed by atoms with Crippen LogP contribution >= 0.6 is 0 Å². The van der Waals surface area contributed by atoms with Gasteiger partial charge in [0, 0.05) is 25.5 Å². The van der Waals surface area contributed by atoms with Crippen LogP contribution in [-0.4, -0.2) is 46.5 Å². The maximum Gasteiger partial charge on any atom is 0.418 e. The highest BCUT2D eigenvalue weighted by atomic mass is 19.4. The van der Waals surface area contributed by atoms with Crippen molar-refractivity contribution in [1.82, 2.24) is 14.9 Å². The maximum absolute atomic E-state index is 13.0. The predicted molar refractivity (Wildman–Crippen MR) is 92.2 cm³/mol. The normalized spacial score (nSPS) is 16.1. The largest absolute Gasteiger partial charge is 0.473 e. The van der Waals surface area contributed by atoms with Gasteiger partial charge in [0.2, 0.25) is 11.8 Å². The Balaban J connectivity index is 1.49. The molecule has 1 aromatic carbocycles. The maximum atomic E-state index is 13.0. The van der Waals surface area contributed by atoms with Crippen LogP contribution in [0.25, 0.3) is 0 Å². The van der Waals surface area contributed by atoms with Gasteiger partial charge in [-0.05, 0) is 25.0 Å². The van der Waals surface area contributed by atoms with E-state index in [2.05, 4.69) is 15.3 Å². The summed E-state index contributed by atoms with van der Waals surface area (Å²) in [6.07, 6.45) is 1.51. The van der Waals surface area contributed by atoms with E-state index in [1.807, 2.05) is 4.90 Å². The molecule has 0 bridgehead atoms. The molecule has 2 aromatic rings. The van der Waals surface area contributed by atoms with Crippen LogP contribution < -0.4 is 10.1 Å². The lowest BCUT2D eigenvalue weighted by Crippen LogP contribution is -2.42. The second kappa shape index (κ2) is 8.34. The third-order valence-electron chi connectivity index (χ3n) is 4.24. The highest BCUT2D eigenvalue weighted by Gasteiger charge is 2.33. The van der Waals surface area contributed by atoms with E-state index in [9.17, 15) is 18.0 Å². The average Bonchev–Trinajstić information content (AvgIpc) is 2.64. The molecule has 0 atom stereocenters. The number of piperidine rings is 1. The third-order valence-corrected chi connectivity index (χ3v) is 4.24. The van der Waals surface area contributed by atoms with Crippen molar-refractivity contribution in [3.8, 4) is 5.88 Å². The molecule has 27 heavy (non-hydrogen) atoms. The Bertz CT molecular complexity index is 763. The molecule has 1 saturated heterocycles. The van der Waals surface area contributed by atoms with Gasteiger partial charge in [0.1, 0.15) is 6.10 Å². The number of benzene rings is 1. The zero-order chi connectivity index (χ0) is 19.3. The fraction of sp³-hybridized carbons (Fsp3) is 0.389. The Morgan fingerprint density at radius 2 is 1.96 bits per heavy atom. The third kappa shape index (κ3) is 5.40. The summed E-state index contributed by atoms with van der Waals surface area (Å²) < 4.78 is 44.7. The van der Waals surface area contributed by atoms with Crippen molar-refractivity contribution in [2.75, 3.05) is 25.0 Å². The lowest BCUT2D eigenvalue weighted by molar-refractivity contribution is -0.137. The topological polar surface area (TPSA) is 67.4 Å². The van der Waals surface area contributed by atoms with E-state index in [0.717, 1.165) is 6.07 Å². The number of nitrogens with one attached hydrogen (secondary N) is 1. The van der Waals surface area contributed by atoms with E-state index in [-0.39, 0.29) is 18.3 Å². The number of ether oxygens (including phenoxy) is 1. The minimum absolute atomic E-state index is 0.0213. The Labute approximate surface area is 154 Å². The van der Waals surface area contributed by atoms with E-state index in [1.54, 1.807) is 12.4 Å². The number of likely N-dealkylation sites (tertiary alicyclic amines) is 1. The number of nitrogens with zero attached hydrogens (tertiary/aromatic N) is 3. The number of carbonyl (C=O) groups is 1. The van der Waals surface area contributed by atoms with Crippen molar-refractivity contribution in [3.05, 3.63) is 48.4 Å². The van der Waals surface area contributed by atoms with Crippen LogP contribution in [0.5, 0.6) is 5.88 Å². The summed E-state index contributed by atoms with van der Waals surface area (Å²) in [5.74, 6) is -0.0163. The first-order chi connectivity index (χ1) is 12.9. The van der Waals surface area contributed by atoms with Gasteiger partial charge in [-0.1, -0.05) is 12.1 Å². The lowest BCUT2D eigenvalue weighted by atomic mass is 10.1. The minimum Gasteiger partial charge on any atom is -0.473 e. The fourth-order valence-electron chi connectivity index (χ4n) is 2.93. The van der Waals surface area contributed by atoms with Gasteiger partial charge in [-0.15, -0.1) is 0 Å². The van der Waals surface area contributed by atoms with E-state index in [4.69, 9.17) is 4.74 Å². The van der Waals surface area contributed by atoms with Crippen LogP contribution in [-0.2, 0) is 11.0 Å². The number of rotatable bonds is 5. The molecule has 9 heteroatoms. The second-order valence-corrected chi connectivity index (χ2v) is 6.23. The first-order valence-electron chi connectivity index (χ1n) is 8.53. The Morgan fingerprint density at radius 3 is 2.63 bits per heavy atom. The SMILES string of the molecule is O=C(CN1CCC(Oc2cnccn2)CC1)Nc1ccccc1C(F)(F)F. The van der Waals surface area contributed by atoms with Gasteiger partial charge in [0.25, 0.3) is 0 Å². The van der Waals surface area contributed by atoms with Gasteiger partial charge in [0.15, 0.2) is 0 Å². The number of carbonyl (C=O) groups excluding carboxylic acids is 1. The lowest BCUT2D eigenvalue weighted by Gasteiger charge is -2.31. The number of aromatic nitrogens is 2. The summed E-state index contributed by atoms with van der Waals surface area (Å²) in [6, 6.07) is 4.95. The molecule has 1 aromatic heterocycles. The van der Waals surface area contributed by atoms with Crippen molar-refractivity contribution < 1.29 is 22.7 Å². The quantitative estimate of drug-likeness (QED) is 0.864. The molecule has 1 amide bonds. The van der Waals surface area contributed by atoms with Crippen LogP contribution in [0.1, 0.15) is 18.4 Å². The van der Waals surface area contributed by atoms with E-state index < -0.39 is 17.6 Å². The van der Waals surface area contributed by atoms with Crippen molar-refractivity contribution in [1.29, 1.82) is 0 Å². The molecule has 1 N–H and O–H groups in total. The summed E-state index contributed by atoms with van der Waals surface area (Å²) >= 11 is 0. The number of anilines is 1. The Kier molecular flexibility index (Phi) is 5.90. The van der Waals surface area contributed by atoms with Gasteiger partial charge in [-0.2, -0.15) is 13.2 Å². The smallest absolute Gasteiger partial charge is 0.418 e. The summed E-state index contributed by atoms with van der Waals surface area (Å²) in [7, 11) is 0. The first kappa shape index (κ1) is 19.1. The summed E-state index contributed by atoms with van der Waals surface area (Å²) in [6.45, 7) is 1.25. The first-order valence-corrected chi connectivity index (χ1v) is 8.53. The van der Waals surface area contributed by atoms with E-state index in [1.165, 1.54) is 24.4 Å². The highest BCUT2D eigenvalue weighted by molar-refractivity contribution is 5.93. The highest BCUT2D eigenvalue weighted by Crippen LogP contribution is 2.34. The molecule has 6 nitrogen and oxygen atoms in total. The van der Waals surface area contributed by atoms with Crippen LogP contribution in [0.3, 0.4) is 0 Å². The number of hydrogen-bond acceptors (Lipinski definition) is 5. The monoisotopic (exact) mass is 380 g/mol. The van der Waals surface area contributed by atoms with Crippen LogP contribution in [0.4, 0.5) is 18.9 Å². The van der Waals surface area contributed by atoms with Crippen molar-refractivity contribution in [2.45, 2.75) is 25.1 Å². The second-order valence-electron chi connectivity index (χ2n) is 6.23. The molecule has 0 radical (unpaired) electrons. The molecule has 144 valence electrons. The molecule has 0 aliphatic carbocycles. The standard InChI is InChI=1S/C18H19F3N4O2/c19-18(20,21)14-3-1-2-4-15(14)24-16(26)12-25-9-5-13(6-10-25)27-17-11-22-7-8-23-17/h1-4,7-8,11,13H,5-6,9-10,12H2,(H,24,26). The molecular weight excluding hydrogens is 361 g/mol. The molecule has 1 fully saturated rings. The minimum atomic E-state index is -4.51. The number of alkyl halides is 3. The molecule has 1 aliphatic rings. The van der Waals surface area contributed by atoms with Crippen molar-refractivity contribution >= 4 is 11.6 Å². The summed E-state index contributed by atoms with van der Waals surface area (Å²) in [4.78, 5) is 22.1. The summed E-state index contributed by atoms with van der Waals surface area (Å²) in [5, 5.41) is 2.37. The van der Waals surface area contributed by atoms with Gasteiger partial charge in [0.05, 0.1) is 24.0 Å². The van der Waals surface area contributed by atoms with Gasteiger partial charge in [-0.3, -0.25) is 14.7 Å². The molecule has 0 saturated carbocycles. The molecule has 3 rings (SSSR count).